The van der Waals surface area contributed by atoms with Gasteiger partial charge in [0.15, 0.2) is 5.60 Å². The molecule has 2 nitrogen and oxygen atoms in total. The largest absolute Gasteiger partial charge is 0.351 e. The van der Waals surface area contributed by atoms with Gasteiger partial charge in [-0.1, -0.05) is 36.4 Å². The van der Waals surface area contributed by atoms with Crippen molar-refractivity contribution in [2.45, 2.75) is 5.60 Å². The van der Waals surface area contributed by atoms with Gasteiger partial charge < -0.3 is 4.74 Å². The van der Waals surface area contributed by atoms with Gasteiger partial charge in [-0.2, -0.15) is 0 Å². The van der Waals surface area contributed by atoms with Crippen molar-refractivity contribution in [3.63, 3.8) is 0 Å². The smallest absolute Gasteiger partial charge is 0.200 e. The third-order valence-electron chi connectivity index (χ3n) is 3.65. The Morgan fingerprint density at radius 3 is 2.76 bits per heavy atom. The molecule has 0 aromatic heterocycles. The highest BCUT2D eigenvalue weighted by Gasteiger charge is 2.50. The summed E-state index contributed by atoms with van der Waals surface area (Å²) in [5.74, 6) is 1.48. The Balaban J connectivity index is 2.15. The molecule has 2 aromatic rings. The van der Waals surface area contributed by atoms with Crippen LogP contribution in [0.3, 0.4) is 0 Å². The fourth-order valence-corrected chi connectivity index (χ4v) is 3.89. The van der Waals surface area contributed by atoms with Crippen LogP contribution in [0.25, 0.3) is 10.8 Å². The molecule has 0 saturated carbocycles. The lowest BCUT2D eigenvalue weighted by atomic mass is 9.96. The summed E-state index contributed by atoms with van der Waals surface area (Å²) in [5.41, 5.74) is 1.18. The molecule has 84 valence electrons. The molecule has 1 aliphatic heterocycles. The zero-order valence-electron chi connectivity index (χ0n) is 9.10. The minimum absolute atomic E-state index is 0.134. The Kier molecular flexibility index (Phi) is 1.78. The summed E-state index contributed by atoms with van der Waals surface area (Å²) < 4.78 is 5.80. The summed E-state index contributed by atoms with van der Waals surface area (Å²) in [5, 5.41) is 2.22. The van der Waals surface area contributed by atoms with Crippen LogP contribution in [0, 0.1) is 0 Å². The van der Waals surface area contributed by atoms with Crippen molar-refractivity contribution in [3.8, 4) is 0 Å². The number of ketones is 1. The molecule has 1 aliphatic carbocycles. The highest BCUT2D eigenvalue weighted by atomic mass is 32.2. The van der Waals surface area contributed by atoms with E-state index in [0.29, 0.717) is 5.94 Å². The molecule has 2 aromatic carbocycles. The van der Waals surface area contributed by atoms with Crippen LogP contribution in [0.1, 0.15) is 15.9 Å². The van der Waals surface area contributed by atoms with E-state index in [0.717, 1.165) is 27.7 Å². The van der Waals surface area contributed by atoms with Gasteiger partial charge in [0.05, 0.1) is 5.94 Å². The van der Waals surface area contributed by atoms with Gasteiger partial charge in [-0.25, -0.2) is 0 Å². The van der Waals surface area contributed by atoms with Crippen LogP contribution in [0.15, 0.2) is 36.4 Å². The molecule has 17 heavy (non-hydrogen) atoms. The normalized spacial score (nSPS) is 26.2. The zero-order chi connectivity index (χ0) is 11.5. The van der Waals surface area contributed by atoms with Crippen molar-refractivity contribution in [1.29, 1.82) is 0 Å². The van der Waals surface area contributed by atoms with Gasteiger partial charge >= 0.3 is 0 Å². The molecule has 1 atom stereocenters. The summed E-state index contributed by atoms with van der Waals surface area (Å²) in [6.45, 7) is 0. The lowest BCUT2D eigenvalue weighted by molar-refractivity contribution is 0.0190. The number of ether oxygens (including phenoxy) is 1. The maximum atomic E-state index is 12.6. The van der Waals surface area contributed by atoms with E-state index >= 15 is 0 Å². The summed E-state index contributed by atoms with van der Waals surface area (Å²) in [6.07, 6.45) is 0. The molecule has 1 saturated heterocycles. The molecule has 3 heteroatoms. The van der Waals surface area contributed by atoms with Crippen molar-refractivity contribution in [1.82, 2.24) is 0 Å². The van der Waals surface area contributed by atoms with Gasteiger partial charge in [-0.05, 0) is 10.8 Å². The third kappa shape index (κ3) is 1.04. The second kappa shape index (κ2) is 3.12. The van der Waals surface area contributed by atoms with Crippen molar-refractivity contribution in [2.75, 3.05) is 11.7 Å². The van der Waals surface area contributed by atoms with Gasteiger partial charge in [0, 0.05) is 16.9 Å². The highest BCUT2D eigenvalue weighted by Crippen LogP contribution is 2.48. The molecule has 2 aliphatic rings. The first-order chi connectivity index (χ1) is 8.33. The Morgan fingerprint density at radius 1 is 1.18 bits per heavy atom. The molecule has 1 fully saturated rings. The Labute approximate surface area is 103 Å². The zero-order valence-corrected chi connectivity index (χ0v) is 9.92. The van der Waals surface area contributed by atoms with Gasteiger partial charge in [0.1, 0.15) is 0 Å². The first-order valence-corrected chi connectivity index (χ1v) is 6.77. The molecule has 4 rings (SSSR count). The SMILES string of the molecule is O=C1c2cccc3cccc(c23)C12CSCO2. The third-order valence-corrected chi connectivity index (χ3v) is 4.54. The van der Waals surface area contributed by atoms with Crippen molar-refractivity contribution in [2.24, 2.45) is 0 Å². The van der Waals surface area contributed by atoms with Gasteiger partial charge in [-0.3, -0.25) is 4.79 Å². The highest BCUT2D eigenvalue weighted by molar-refractivity contribution is 7.99. The van der Waals surface area contributed by atoms with Crippen LogP contribution in [-0.4, -0.2) is 17.5 Å². The fourth-order valence-electron chi connectivity index (χ4n) is 2.86. The Hall–Kier alpha value is -1.32. The first kappa shape index (κ1) is 9.68. The van der Waals surface area contributed by atoms with E-state index in [1.54, 1.807) is 11.8 Å². The molecule has 1 spiro atoms. The molecule has 0 N–H and O–H groups in total. The molecule has 0 amide bonds. The number of fused-ring (bicyclic) bond motifs is 1. The standard InChI is InChI=1S/C14H10O2S/c15-13-10-5-1-3-9-4-2-6-11(12(9)10)14(13)7-17-8-16-14/h1-6H,7-8H2. The van der Waals surface area contributed by atoms with Crippen LogP contribution in [0.4, 0.5) is 0 Å². The predicted molar refractivity (Wildman–Crippen MR) is 68.4 cm³/mol. The molecular formula is C14H10O2S. The first-order valence-electron chi connectivity index (χ1n) is 5.62. The Morgan fingerprint density at radius 2 is 2.00 bits per heavy atom. The van der Waals surface area contributed by atoms with E-state index in [4.69, 9.17) is 4.74 Å². The number of carbonyl (C=O) groups excluding carboxylic acids is 1. The fraction of sp³-hybridized carbons (Fsp3) is 0.214. The predicted octanol–water partition coefficient (Wildman–Crippen LogP) is 2.95. The number of benzene rings is 2. The number of carbonyl (C=O) groups is 1. The Bertz CT molecular complexity index is 636. The molecule has 1 heterocycles. The van der Waals surface area contributed by atoms with Crippen LogP contribution >= 0.6 is 11.8 Å². The summed E-state index contributed by atoms with van der Waals surface area (Å²) in [4.78, 5) is 12.6. The van der Waals surface area contributed by atoms with Crippen LogP contribution in [0.5, 0.6) is 0 Å². The van der Waals surface area contributed by atoms with Gasteiger partial charge in [0.2, 0.25) is 5.78 Å². The minimum Gasteiger partial charge on any atom is -0.351 e. The maximum absolute atomic E-state index is 12.6. The minimum atomic E-state index is -0.701. The van der Waals surface area contributed by atoms with E-state index in [1.807, 2.05) is 24.3 Å². The maximum Gasteiger partial charge on any atom is 0.200 e. The van der Waals surface area contributed by atoms with E-state index in [-0.39, 0.29) is 5.78 Å². The molecule has 0 radical (unpaired) electrons. The van der Waals surface area contributed by atoms with Crippen LogP contribution in [0.2, 0.25) is 0 Å². The summed E-state index contributed by atoms with van der Waals surface area (Å²) in [7, 11) is 0. The number of hydrogen-bond acceptors (Lipinski definition) is 3. The van der Waals surface area contributed by atoms with E-state index in [9.17, 15) is 4.79 Å². The monoisotopic (exact) mass is 242 g/mol. The molecule has 1 unspecified atom stereocenters. The van der Waals surface area contributed by atoms with Gasteiger partial charge in [-0.15, -0.1) is 11.8 Å². The second-order valence-electron chi connectivity index (χ2n) is 4.48. The number of thioether (sulfide) groups is 1. The topological polar surface area (TPSA) is 26.3 Å². The van der Waals surface area contributed by atoms with Crippen molar-refractivity contribution < 1.29 is 9.53 Å². The van der Waals surface area contributed by atoms with Crippen LogP contribution in [-0.2, 0) is 10.3 Å². The van der Waals surface area contributed by atoms with E-state index in [1.165, 1.54) is 0 Å². The van der Waals surface area contributed by atoms with Crippen LogP contribution < -0.4 is 0 Å². The average Bonchev–Trinajstić information content (AvgIpc) is 2.94. The lowest BCUT2D eigenvalue weighted by Gasteiger charge is -2.21. The summed E-state index contributed by atoms with van der Waals surface area (Å²) >= 11 is 1.69. The van der Waals surface area contributed by atoms with Gasteiger partial charge in [0.25, 0.3) is 0 Å². The average molecular weight is 242 g/mol. The quantitative estimate of drug-likeness (QED) is 0.710. The number of rotatable bonds is 0. The van der Waals surface area contributed by atoms with Crippen molar-refractivity contribution >= 4 is 28.3 Å². The summed E-state index contributed by atoms with van der Waals surface area (Å²) in [6, 6.07) is 12.0. The lowest BCUT2D eigenvalue weighted by Crippen LogP contribution is -2.33. The second-order valence-corrected chi connectivity index (χ2v) is 5.41. The molecule has 0 bridgehead atoms. The van der Waals surface area contributed by atoms with E-state index < -0.39 is 5.60 Å². The number of Topliss-reactive ketones (excluding diaryl/α,β-unsaturated/α-hetero) is 1. The molecular weight excluding hydrogens is 232 g/mol. The van der Waals surface area contributed by atoms with E-state index in [2.05, 4.69) is 12.1 Å². The van der Waals surface area contributed by atoms with Crippen molar-refractivity contribution in [3.05, 3.63) is 47.5 Å². The number of hydrogen-bond donors (Lipinski definition) is 0.